The van der Waals surface area contributed by atoms with Gasteiger partial charge in [-0.3, -0.25) is 24.0 Å². The minimum atomic E-state index is -1.48. The second kappa shape index (κ2) is 12.4. The van der Waals surface area contributed by atoms with Crippen molar-refractivity contribution in [3.63, 3.8) is 0 Å². The first-order valence-corrected chi connectivity index (χ1v) is 10.7. The van der Waals surface area contributed by atoms with Crippen LogP contribution in [-0.4, -0.2) is 84.7 Å². The van der Waals surface area contributed by atoms with Gasteiger partial charge in [0.2, 0.25) is 6.29 Å². The molecule has 1 aliphatic heterocycles. The predicted octanol–water partition coefficient (Wildman–Crippen LogP) is 0.801. The van der Waals surface area contributed by atoms with Gasteiger partial charge in [-0.05, 0) is 13.8 Å². The summed E-state index contributed by atoms with van der Waals surface area (Å²) in [6.07, 6.45) is -8.07. The number of rotatable bonds is 10. The van der Waals surface area contributed by atoms with Crippen molar-refractivity contribution in [2.45, 2.75) is 82.9 Å². The first-order valence-electron chi connectivity index (χ1n) is 9.89. The van der Waals surface area contributed by atoms with Gasteiger partial charge < -0.3 is 33.2 Å². The molecule has 0 radical (unpaired) electrons. The van der Waals surface area contributed by atoms with Crippen LogP contribution in [0, 0.1) is 0 Å². The quantitative estimate of drug-likeness (QED) is 0.167. The highest BCUT2D eigenvalue weighted by Crippen LogP contribution is 2.34. The molecule has 1 saturated heterocycles. The molecule has 1 rings (SSSR count). The number of carbonyl (C=O) groups excluding carboxylic acids is 5. The van der Waals surface area contributed by atoms with Crippen molar-refractivity contribution in [1.29, 1.82) is 0 Å². The molecule has 0 amide bonds. The third-order valence-corrected chi connectivity index (χ3v) is 5.48. The molecule has 0 saturated carbocycles. The summed E-state index contributed by atoms with van der Waals surface area (Å²) in [6, 6.07) is 0. The number of esters is 4. The summed E-state index contributed by atoms with van der Waals surface area (Å²) < 4.78 is 36.5. The Morgan fingerprint density at radius 3 is 1.76 bits per heavy atom. The van der Waals surface area contributed by atoms with Gasteiger partial charge >= 0.3 is 23.9 Å². The van der Waals surface area contributed by atoms with Crippen molar-refractivity contribution in [2.75, 3.05) is 13.7 Å². The van der Waals surface area contributed by atoms with Gasteiger partial charge in [0.1, 0.15) is 17.0 Å². The number of alkyl halides is 1. The lowest BCUT2D eigenvalue weighted by molar-refractivity contribution is -0.339. The Kier molecular flexibility index (Phi) is 10.9. The molecule has 33 heavy (non-hydrogen) atoms. The van der Waals surface area contributed by atoms with Crippen LogP contribution in [0.2, 0.25) is 0 Å². The molecule has 1 heterocycles. The fourth-order valence-electron chi connectivity index (χ4n) is 2.99. The summed E-state index contributed by atoms with van der Waals surface area (Å²) >= 11 is 3.25. The highest BCUT2D eigenvalue weighted by Gasteiger charge is 2.54. The molecular weight excluding hydrogens is 512 g/mol. The molecule has 7 atom stereocenters. The summed E-state index contributed by atoms with van der Waals surface area (Å²) in [4.78, 5) is 58.8. The summed E-state index contributed by atoms with van der Waals surface area (Å²) in [5, 5.41) is 0. The third-order valence-electron chi connectivity index (χ3n) is 4.55. The van der Waals surface area contributed by atoms with E-state index in [0.717, 1.165) is 27.7 Å². The van der Waals surface area contributed by atoms with E-state index in [1.807, 2.05) is 0 Å². The highest BCUT2D eigenvalue weighted by molar-refractivity contribution is 9.10. The Morgan fingerprint density at radius 1 is 0.848 bits per heavy atom. The van der Waals surface area contributed by atoms with E-state index in [2.05, 4.69) is 15.9 Å². The predicted molar refractivity (Wildman–Crippen MR) is 112 cm³/mol. The van der Waals surface area contributed by atoms with Crippen molar-refractivity contribution in [2.24, 2.45) is 0 Å². The van der Waals surface area contributed by atoms with Crippen LogP contribution in [0.4, 0.5) is 0 Å². The van der Waals surface area contributed by atoms with E-state index in [0.29, 0.717) is 0 Å². The highest BCUT2D eigenvalue weighted by atomic mass is 79.9. The van der Waals surface area contributed by atoms with Crippen molar-refractivity contribution in [1.82, 2.24) is 0 Å². The molecule has 0 N–H and O–H groups in total. The van der Waals surface area contributed by atoms with Crippen molar-refractivity contribution in [3.05, 3.63) is 0 Å². The first-order chi connectivity index (χ1) is 15.2. The smallest absolute Gasteiger partial charge is 0.303 e. The maximum atomic E-state index is 12.1. The normalized spacial score (nSPS) is 27.5. The van der Waals surface area contributed by atoms with E-state index in [1.165, 1.54) is 21.0 Å². The van der Waals surface area contributed by atoms with Crippen molar-refractivity contribution >= 4 is 45.6 Å². The lowest BCUT2D eigenvalue weighted by Gasteiger charge is -2.45. The minimum Gasteiger partial charge on any atom is -0.463 e. The summed E-state index contributed by atoms with van der Waals surface area (Å²) in [7, 11) is 1.28. The van der Waals surface area contributed by atoms with Gasteiger partial charge in [-0.25, -0.2) is 0 Å². The summed E-state index contributed by atoms with van der Waals surface area (Å²) in [5.41, 5.74) is 0. The van der Waals surface area contributed by atoms with E-state index >= 15 is 0 Å². The Hall–Kier alpha value is -2.09. The Labute approximate surface area is 199 Å². The minimum absolute atomic E-state index is 0.347. The Bertz CT molecular complexity index is 751. The van der Waals surface area contributed by atoms with E-state index in [1.54, 1.807) is 0 Å². The lowest BCUT2D eigenvalue weighted by atomic mass is 9.98. The largest absolute Gasteiger partial charge is 0.463 e. The second-order valence-corrected chi connectivity index (χ2v) is 9.05. The fourth-order valence-corrected chi connectivity index (χ4v) is 3.29. The maximum Gasteiger partial charge on any atom is 0.303 e. The van der Waals surface area contributed by atoms with E-state index < -0.39 is 71.8 Å². The van der Waals surface area contributed by atoms with Gasteiger partial charge in [-0.2, -0.15) is 0 Å². The van der Waals surface area contributed by atoms with Gasteiger partial charge in [0.05, 0.1) is 0 Å². The molecule has 1 fully saturated rings. The Balaban J connectivity index is 3.47. The molecular formula is C20H29BrO12. The van der Waals surface area contributed by atoms with Crippen LogP contribution in [0.3, 0.4) is 0 Å². The molecule has 0 aromatic carbocycles. The van der Waals surface area contributed by atoms with Gasteiger partial charge in [0.25, 0.3) is 0 Å². The molecule has 13 heteroatoms. The van der Waals surface area contributed by atoms with Gasteiger partial charge in [0, 0.05) is 34.8 Å². The number of hydrogen-bond donors (Lipinski definition) is 0. The third kappa shape index (κ3) is 8.32. The van der Waals surface area contributed by atoms with Crippen LogP contribution in [0.25, 0.3) is 0 Å². The molecule has 0 unspecified atom stereocenters. The number of Topliss-reactive ketones (excluding diaryl/α,β-unsaturated/α-hetero) is 1. The van der Waals surface area contributed by atoms with Crippen molar-refractivity contribution in [3.8, 4) is 0 Å². The first kappa shape index (κ1) is 28.9. The average molecular weight is 541 g/mol. The van der Waals surface area contributed by atoms with Crippen LogP contribution in [-0.2, 0) is 57.1 Å². The van der Waals surface area contributed by atoms with E-state index in [9.17, 15) is 24.0 Å². The van der Waals surface area contributed by atoms with Crippen LogP contribution in [0.15, 0.2) is 0 Å². The second-order valence-electron chi connectivity index (χ2n) is 7.40. The van der Waals surface area contributed by atoms with E-state index in [4.69, 9.17) is 33.2 Å². The zero-order valence-electron chi connectivity index (χ0n) is 19.4. The SMILES string of the molecule is CO[C@@H](O[C@@H]1O[C@H](COC(C)=O)[C@@H](OC(C)=O)[C@H](OC(C)=O)[C@H]1OC(C)=O)[C@](C)(Br)C(C)=O. The van der Waals surface area contributed by atoms with Crippen LogP contribution in [0.5, 0.6) is 0 Å². The number of ketones is 1. The number of halogens is 1. The van der Waals surface area contributed by atoms with Crippen LogP contribution < -0.4 is 0 Å². The lowest BCUT2D eigenvalue weighted by Crippen LogP contribution is -2.64. The molecule has 0 aromatic heterocycles. The number of hydrogen-bond acceptors (Lipinski definition) is 12. The molecule has 188 valence electrons. The van der Waals surface area contributed by atoms with Gasteiger partial charge in [0.15, 0.2) is 30.4 Å². The molecule has 0 aliphatic carbocycles. The van der Waals surface area contributed by atoms with Crippen LogP contribution in [0.1, 0.15) is 41.5 Å². The zero-order valence-corrected chi connectivity index (χ0v) is 21.0. The molecule has 12 nitrogen and oxygen atoms in total. The molecule has 1 aliphatic rings. The van der Waals surface area contributed by atoms with Gasteiger partial charge in [-0.1, -0.05) is 15.9 Å². The number of carbonyl (C=O) groups is 5. The maximum absolute atomic E-state index is 12.1. The van der Waals surface area contributed by atoms with E-state index in [-0.39, 0.29) is 5.78 Å². The Morgan fingerprint density at radius 2 is 1.33 bits per heavy atom. The molecule has 0 aromatic rings. The zero-order chi connectivity index (χ0) is 25.5. The van der Waals surface area contributed by atoms with Crippen molar-refractivity contribution < 1.29 is 57.1 Å². The summed E-state index contributed by atoms with van der Waals surface area (Å²) in [6.45, 7) is 6.87. The monoisotopic (exact) mass is 540 g/mol. The molecule has 0 spiro atoms. The summed E-state index contributed by atoms with van der Waals surface area (Å²) in [5.74, 6) is -3.31. The fraction of sp³-hybridized carbons (Fsp3) is 0.750. The van der Waals surface area contributed by atoms with Gasteiger partial charge in [-0.15, -0.1) is 0 Å². The topological polar surface area (TPSA) is 150 Å². The number of ether oxygens (including phenoxy) is 7. The molecule has 0 bridgehead atoms. The van der Waals surface area contributed by atoms with Crippen LogP contribution >= 0.6 is 15.9 Å². The standard InChI is InChI=1S/C20H29BrO12/c1-9(22)20(6,21)19(27-7)33-18-17(31-13(5)26)16(30-12(4)25)15(29-11(3)24)14(32-18)8-28-10(2)23/h14-19H,8H2,1-7H3/t14-,15-,16+,17-,18+,19+,20-/m1/s1. The number of methoxy groups -OCH3 is 1. The average Bonchev–Trinajstić information content (AvgIpc) is 2.67.